The van der Waals surface area contributed by atoms with Gasteiger partial charge >= 0.3 is 0 Å². The lowest BCUT2D eigenvalue weighted by molar-refractivity contribution is -0.128. The lowest BCUT2D eigenvalue weighted by Crippen LogP contribution is -2.43. The van der Waals surface area contributed by atoms with Gasteiger partial charge in [-0.2, -0.15) is 0 Å². The number of Topliss-reactive ketones (excluding diaryl/α,β-unsaturated/α-hetero) is 1. The standard InChI is InChI=1S/C20H28N2O5S2/c1-14-5-6-16(22-9-4-10-29(22,26)27)12-17(14)21-28(24,25)13-20-8-7-15(11-18(20)23)19(20,2)3/h5-6,12,15,21H,4,7-11,13H2,1-3H3/t15-,20+/m0/s1. The average Bonchev–Trinajstić information content (AvgIpc) is 3.13. The Bertz CT molecular complexity index is 1080. The minimum atomic E-state index is -3.80. The molecule has 29 heavy (non-hydrogen) atoms. The number of benzene rings is 1. The van der Waals surface area contributed by atoms with Gasteiger partial charge < -0.3 is 0 Å². The van der Waals surface area contributed by atoms with Crippen LogP contribution in [0.15, 0.2) is 18.2 Å². The van der Waals surface area contributed by atoms with E-state index in [4.69, 9.17) is 0 Å². The molecule has 0 unspecified atom stereocenters. The lowest BCUT2D eigenvalue weighted by Gasteiger charge is -2.36. The molecule has 0 radical (unpaired) electrons. The summed E-state index contributed by atoms with van der Waals surface area (Å²) in [6.45, 7) is 6.18. The van der Waals surface area contributed by atoms with Gasteiger partial charge in [0.05, 0.1) is 28.3 Å². The van der Waals surface area contributed by atoms with Crippen molar-refractivity contribution in [2.75, 3.05) is 27.1 Å². The largest absolute Gasteiger partial charge is 0.299 e. The van der Waals surface area contributed by atoms with Crippen molar-refractivity contribution in [3.63, 3.8) is 0 Å². The van der Waals surface area contributed by atoms with Crippen molar-refractivity contribution < 1.29 is 21.6 Å². The zero-order valence-corrected chi connectivity index (χ0v) is 18.7. The van der Waals surface area contributed by atoms with Crippen molar-refractivity contribution in [2.24, 2.45) is 16.7 Å². The number of nitrogens with zero attached hydrogens (tertiary/aromatic N) is 1. The van der Waals surface area contributed by atoms with Crippen LogP contribution in [-0.4, -0.2) is 40.7 Å². The predicted molar refractivity (Wildman–Crippen MR) is 113 cm³/mol. The van der Waals surface area contributed by atoms with Gasteiger partial charge in [-0.1, -0.05) is 19.9 Å². The molecule has 4 rings (SSSR count). The number of hydrogen-bond donors (Lipinski definition) is 1. The van der Waals surface area contributed by atoms with Crippen LogP contribution in [-0.2, 0) is 24.8 Å². The number of fused-ring (bicyclic) bond motifs is 2. The number of aryl methyl sites for hydroxylation is 1. The van der Waals surface area contributed by atoms with Crippen LogP contribution in [0.1, 0.15) is 45.1 Å². The van der Waals surface area contributed by atoms with Gasteiger partial charge in [-0.3, -0.25) is 13.8 Å². The number of hydrogen-bond acceptors (Lipinski definition) is 5. The van der Waals surface area contributed by atoms with Gasteiger partial charge in [0, 0.05) is 13.0 Å². The fourth-order valence-electron chi connectivity index (χ4n) is 5.44. The first-order valence-corrected chi connectivity index (χ1v) is 13.3. The van der Waals surface area contributed by atoms with E-state index in [2.05, 4.69) is 4.72 Å². The van der Waals surface area contributed by atoms with Crippen molar-refractivity contribution in [2.45, 2.75) is 46.5 Å². The molecule has 1 aliphatic heterocycles. The molecule has 2 bridgehead atoms. The van der Waals surface area contributed by atoms with Crippen LogP contribution in [0, 0.1) is 23.7 Å². The zero-order chi connectivity index (χ0) is 21.2. The van der Waals surface area contributed by atoms with E-state index in [1.807, 2.05) is 13.8 Å². The maximum atomic E-state index is 13.1. The molecule has 0 amide bonds. The number of anilines is 2. The van der Waals surface area contributed by atoms with Crippen LogP contribution in [0.5, 0.6) is 0 Å². The Kier molecular flexibility index (Phi) is 4.59. The Balaban J connectivity index is 1.62. The van der Waals surface area contributed by atoms with Gasteiger partial charge in [-0.25, -0.2) is 16.8 Å². The summed E-state index contributed by atoms with van der Waals surface area (Å²) in [7, 11) is -7.15. The van der Waals surface area contributed by atoms with Crippen LogP contribution in [0.3, 0.4) is 0 Å². The molecule has 1 aromatic rings. The minimum Gasteiger partial charge on any atom is -0.299 e. The molecule has 1 heterocycles. The summed E-state index contributed by atoms with van der Waals surface area (Å²) in [5.74, 6) is 0.171. The number of nitrogens with one attached hydrogen (secondary N) is 1. The summed E-state index contributed by atoms with van der Waals surface area (Å²) in [6.07, 6.45) is 2.51. The van der Waals surface area contributed by atoms with Crippen LogP contribution >= 0.6 is 0 Å². The van der Waals surface area contributed by atoms with E-state index in [9.17, 15) is 21.6 Å². The Hall–Kier alpha value is -1.61. The van der Waals surface area contributed by atoms with E-state index in [-0.39, 0.29) is 28.6 Å². The maximum absolute atomic E-state index is 13.1. The smallest absolute Gasteiger partial charge is 0.235 e. The topological polar surface area (TPSA) is 101 Å². The van der Waals surface area contributed by atoms with Crippen LogP contribution < -0.4 is 9.03 Å². The molecule has 0 aromatic heterocycles. The van der Waals surface area contributed by atoms with Crippen LogP contribution in [0.4, 0.5) is 11.4 Å². The fraction of sp³-hybridized carbons (Fsp3) is 0.650. The van der Waals surface area contributed by atoms with Crippen LogP contribution in [0.2, 0.25) is 0 Å². The molecule has 1 saturated heterocycles. The predicted octanol–water partition coefficient (Wildman–Crippen LogP) is 2.67. The highest BCUT2D eigenvalue weighted by Gasteiger charge is 2.65. The summed E-state index contributed by atoms with van der Waals surface area (Å²) in [6, 6.07) is 4.99. The highest BCUT2D eigenvalue weighted by atomic mass is 32.2. The number of carbonyl (C=O) groups is 1. The van der Waals surface area contributed by atoms with Gasteiger partial charge in [0.1, 0.15) is 5.78 Å². The quantitative estimate of drug-likeness (QED) is 0.759. The normalized spacial score (nSPS) is 30.1. The monoisotopic (exact) mass is 440 g/mol. The lowest BCUT2D eigenvalue weighted by atomic mass is 9.70. The molecule has 3 fully saturated rings. The minimum absolute atomic E-state index is 0.0535. The van der Waals surface area contributed by atoms with Gasteiger partial charge in [0.2, 0.25) is 20.0 Å². The number of carbonyl (C=O) groups excluding carboxylic acids is 1. The first-order valence-electron chi connectivity index (χ1n) is 10.0. The third kappa shape index (κ3) is 3.17. The van der Waals surface area contributed by atoms with Crippen molar-refractivity contribution in [3.05, 3.63) is 23.8 Å². The summed E-state index contributed by atoms with van der Waals surface area (Å²) in [5.41, 5.74) is 0.348. The summed E-state index contributed by atoms with van der Waals surface area (Å²) in [4.78, 5) is 12.7. The van der Waals surface area contributed by atoms with E-state index in [1.54, 1.807) is 25.1 Å². The highest BCUT2D eigenvalue weighted by Crippen LogP contribution is 2.64. The maximum Gasteiger partial charge on any atom is 0.235 e. The number of ketones is 1. The Morgan fingerprint density at radius 2 is 2.00 bits per heavy atom. The SMILES string of the molecule is Cc1ccc(N2CCCS2(=O)=O)cc1NS(=O)(=O)C[C@]12CC[C@@H](CC1=O)C2(C)C. The van der Waals surface area contributed by atoms with Crippen molar-refractivity contribution in [3.8, 4) is 0 Å². The fourth-order valence-corrected chi connectivity index (χ4v) is 8.95. The molecule has 2 aliphatic carbocycles. The second-order valence-corrected chi connectivity index (χ2v) is 13.0. The third-order valence-electron chi connectivity index (χ3n) is 7.45. The molecule has 1 aromatic carbocycles. The van der Waals surface area contributed by atoms with E-state index in [1.165, 1.54) is 4.31 Å². The van der Waals surface area contributed by atoms with E-state index < -0.39 is 25.5 Å². The summed E-state index contributed by atoms with van der Waals surface area (Å²) in [5, 5.41) is 0. The number of rotatable bonds is 5. The average molecular weight is 441 g/mol. The van der Waals surface area contributed by atoms with Crippen LogP contribution in [0.25, 0.3) is 0 Å². The van der Waals surface area contributed by atoms with Crippen molar-refractivity contribution >= 4 is 37.2 Å². The second kappa shape index (κ2) is 6.44. The van der Waals surface area contributed by atoms with Crippen molar-refractivity contribution in [1.29, 1.82) is 0 Å². The van der Waals surface area contributed by atoms with Gasteiger partial charge in [0.15, 0.2) is 0 Å². The summed E-state index contributed by atoms with van der Waals surface area (Å²) < 4.78 is 54.6. The van der Waals surface area contributed by atoms with Gasteiger partial charge in [-0.15, -0.1) is 0 Å². The molecule has 1 N–H and O–H groups in total. The Morgan fingerprint density at radius 3 is 2.55 bits per heavy atom. The number of sulfonamides is 2. The first kappa shape index (κ1) is 20.7. The molecule has 0 spiro atoms. The molecular weight excluding hydrogens is 412 g/mol. The van der Waals surface area contributed by atoms with E-state index in [0.29, 0.717) is 42.7 Å². The van der Waals surface area contributed by atoms with Gasteiger partial charge in [0.25, 0.3) is 0 Å². The molecule has 2 atom stereocenters. The molecular formula is C20H28N2O5S2. The third-order valence-corrected chi connectivity index (χ3v) is 10.7. The van der Waals surface area contributed by atoms with E-state index in [0.717, 1.165) is 6.42 Å². The van der Waals surface area contributed by atoms with E-state index >= 15 is 0 Å². The second-order valence-electron chi connectivity index (χ2n) is 9.27. The molecule has 9 heteroatoms. The molecule has 160 valence electrons. The Labute approximate surface area is 173 Å². The molecule has 2 saturated carbocycles. The van der Waals surface area contributed by atoms with Gasteiger partial charge in [-0.05, 0) is 55.2 Å². The first-order chi connectivity index (χ1) is 13.4. The molecule has 7 nitrogen and oxygen atoms in total. The zero-order valence-electron chi connectivity index (χ0n) is 17.1. The summed E-state index contributed by atoms with van der Waals surface area (Å²) >= 11 is 0. The molecule has 3 aliphatic rings. The van der Waals surface area contributed by atoms with Crippen molar-refractivity contribution in [1.82, 2.24) is 0 Å². The Morgan fingerprint density at radius 1 is 1.28 bits per heavy atom. The highest BCUT2D eigenvalue weighted by molar-refractivity contribution is 7.93.